The highest BCUT2D eigenvalue weighted by molar-refractivity contribution is 6.01. The van der Waals surface area contributed by atoms with Crippen LogP contribution in [0.25, 0.3) is 22.0 Å². The molecule has 0 fully saturated rings. The van der Waals surface area contributed by atoms with Crippen molar-refractivity contribution in [2.45, 2.75) is 46.8 Å². The van der Waals surface area contributed by atoms with Crippen LogP contribution in [0.5, 0.6) is 17.2 Å². The minimum Gasteiger partial charge on any atom is -0.491 e. The van der Waals surface area contributed by atoms with Crippen molar-refractivity contribution in [3.63, 3.8) is 0 Å². The number of aliphatic hydroxyl groups is 1. The first-order chi connectivity index (χ1) is 35.3. The molecule has 0 radical (unpaired) electrons. The molecule has 0 aliphatic carbocycles. The molecule has 0 aliphatic rings. The van der Waals surface area contributed by atoms with E-state index in [4.69, 9.17) is 56.8 Å². The zero-order chi connectivity index (χ0) is 52.3. The number of nitrogens with one attached hydrogen (secondary N) is 2. The number of alkyl carbamates (subject to hydrolysis) is 1. The number of pyridine rings is 1. The summed E-state index contributed by atoms with van der Waals surface area (Å²) in [5.74, 6) is 1.21. The van der Waals surface area contributed by atoms with Gasteiger partial charge in [-0.1, -0.05) is 36.4 Å². The summed E-state index contributed by atoms with van der Waals surface area (Å²) in [6.07, 6.45) is 1.22. The first-order valence-electron chi connectivity index (χ1n) is 24.6. The Kier molecular flexibility index (Phi) is 25.2. The van der Waals surface area contributed by atoms with Crippen LogP contribution in [0.4, 0.5) is 4.79 Å². The number of aromatic nitrogens is 2. The lowest BCUT2D eigenvalue weighted by Crippen LogP contribution is -2.28. The van der Waals surface area contributed by atoms with Crippen LogP contribution in [-0.2, 0) is 66.6 Å². The number of hydrogen-bond acceptors (Lipinski definition) is 16. The third kappa shape index (κ3) is 20.2. The topological polar surface area (TPSA) is 215 Å². The van der Waals surface area contributed by atoms with Crippen molar-refractivity contribution in [2.75, 3.05) is 125 Å². The summed E-state index contributed by atoms with van der Waals surface area (Å²) in [6, 6.07) is 20.3. The Balaban J connectivity index is 0.859. The highest BCUT2D eigenvalue weighted by atomic mass is 16.6. The molecule has 19 nitrogen and oxygen atoms in total. The number of aryl methyl sites for hydroxylation is 3. The van der Waals surface area contributed by atoms with E-state index in [1.807, 2.05) is 62.4 Å². The maximum Gasteiger partial charge on any atom is 0.407 e. The highest BCUT2D eigenvalue weighted by Crippen LogP contribution is 2.41. The Morgan fingerprint density at radius 3 is 1.70 bits per heavy atom. The van der Waals surface area contributed by atoms with Gasteiger partial charge in [0.2, 0.25) is 0 Å². The molecular weight excluding hydrogens is 947 g/mol. The lowest BCUT2D eigenvalue weighted by atomic mass is 9.93. The van der Waals surface area contributed by atoms with Crippen LogP contribution in [-0.4, -0.2) is 152 Å². The fraction of sp³-hybridized carbons (Fsp3) is 0.500. The van der Waals surface area contributed by atoms with Gasteiger partial charge in [-0.05, 0) is 87.2 Å². The second-order valence-electron chi connectivity index (χ2n) is 17.1. The molecule has 1 amide bonds. The summed E-state index contributed by atoms with van der Waals surface area (Å²) >= 11 is 0. The SMILES string of the molecule is CCOC(=O)c1cc2c(-c3cc(C(C)(C)O)ccc3Oc3c(C)cc(OCCOCCOCCOCCOCCOCCOCCOCCOCCNC(=O)OCc4ccccc4)cc3C)cn(C)c(=O)c2[nH]1. The summed E-state index contributed by atoms with van der Waals surface area (Å²) < 4.78 is 68.8. The van der Waals surface area contributed by atoms with Gasteiger partial charge in [0.05, 0.1) is 118 Å². The summed E-state index contributed by atoms with van der Waals surface area (Å²) in [5.41, 5.74) is 3.41. The van der Waals surface area contributed by atoms with Crippen molar-refractivity contribution >= 4 is 23.0 Å². The molecule has 0 saturated carbocycles. The van der Waals surface area contributed by atoms with Crippen LogP contribution >= 0.6 is 0 Å². The van der Waals surface area contributed by atoms with E-state index in [1.165, 1.54) is 4.57 Å². The number of nitrogens with zero attached hydrogens (tertiary/aromatic N) is 1. The van der Waals surface area contributed by atoms with Gasteiger partial charge in [-0.25, -0.2) is 9.59 Å². The van der Waals surface area contributed by atoms with E-state index in [2.05, 4.69) is 10.3 Å². The van der Waals surface area contributed by atoms with Crippen molar-refractivity contribution in [1.29, 1.82) is 0 Å². The molecule has 0 aliphatic heterocycles. The van der Waals surface area contributed by atoms with Gasteiger partial charge >= 0.3 is 12.1 Å². The summed E-state index contributed by atoms with van der Waals surface area (Å²) in [5, 5.41) is 14.1. The zero-order valence-corrected chi connectivity index (χ0v) is 43.1. The number of rotatable bonds is 36. The molecule has 0 atom stereocenters. The number of ether oxygens (including phenoxy) is 12. The van der Waals surface area contributed by atoms with Crippen molar-refractivity contribution in [3.05, 3.63) is 111 Å². The number of carbonyl (C=O) groups is 2. The van der Waals surface area contributed by atoms with E-state index < -0.39 is 17.7 Å². The fourth-order valence-corrected chi connectivity index (χ4v) is 7.20. The Morgan fingerprint density at radius 2 is 1.18 bits per heavy atom. The number of fused-ring (bicyclic) bond motifs is 1. The molecule has 5 rings (SSSR count). The van der Waals surface area contributed by atoms with E-state index in [-0.39, 0.29) is 30.0 Å². The van der Waals surface area contributed by atoms with Crippen LogP contribution in [0.2, 0.25) is 0 Å². The van der Waals surface area contributed by atoms with Gasteiger partial charge in [-0.15, -0.1) is 0 Å². The molecule has 0 unspecified atom stereocenters. The van der Waals surface area contributed by atoms with Crippen molar-refractivity contribution in [2.24, 2.45) is 7.05 Å². The maximum absolute atomic E-state index is 13.2. The van der Waals surface area contributed by atoms with E-state index in [9.17, 15) is 19.5 Å². The van der Waals surface area contributed by atoms with E-state index in [1.54, 1.807) is 52.2 Å². The largest absolute Gasteiger partial charge is 0.491 e. The first-order valence-corrected chi connectivity index (χ1v) is 24.6. The maximum atomic E-state index is 13.2. The molecule has 2 aromatic heterocycles. The molecule has 0 saturated heterocycles. The van der Waals surface area contributed by atoms with Gasteiger partial charge in [0.25, 0.3) is 5.56 Å². The number of hydrogen-bond donors (Lipinski definition) is 3. The third-order valence-electron chi connectivity index (χ3n) is 10.9. The minimum absolute atomic E-state index is 0.159. The Hall–Kier alpha value is -5.87. The number of carbonyl (C=O) groups excluding carboxylic acids is 2. The molecule has 19 heteroatoms. The third-order valence-corrected chi connectivity index (χ3v) is 10.9. The van der Waals surface area contributed by atoms with Crippen LogP contribution in [0.1, 0.15) is 53.5 Å². The zero-order valence-electron chi connectivity index (χ0n) is 43.1. The van der Waals surface area contributed by atoms with Gasteiger partial charge in [-0.2, -0.15) is 0 Å². The monoisotopic (exact) mass is 1020 g/mol. The Labute approximate surface area is 427 Å². The number of aromatic amines is 1. The average Bonchev–Trinajstić information content (AvgIpc) is 3.83. The standard InChI is InChI=1S/C54H73N3O16/c1-7-70-52(59)47-36-45-46(37-57(6)51(58)49(45)56-47)44-35-42(54(4,5)61)13-14-48(44)73-50-39(2)33-43(34-40(50)3)71-32-31-69-30-29-68-28-27-67-26-25-66-24-23-65-22-21-64-20-19-63-18-17-62-16-15-55-53(60)72-38-41-11-9-8-10-12-41/h8-14,33-37,56,61H,7,15-32,38H2,1-6H3,(H,55,60). The van der Waals surface area contributed by atoms with Gasteiger partial charge in [0.1, 0.15) is 41.7 Å². The van der Waals surface area contributed by atoms with Gasteiger partial charge < -0.3 is 76.8 Å². The molecule has 400 valence electrons. The average molecular weight is 1020 g/mol. The molecule has 0 spiro atoms. The normalized spacial score (nSPS) is 11.5. The summed E-state index contributed by atoms with van der Waals surface area (Å²) in [6.45, 7) is 17.0. The minimum atomic E-state index is -1.17. The smallest absolute Gasteiger partial charge is 0.407 e. The Bertz CT molecular complexity index is 2460. The second kappa shape index (κ2) is 31.7. The predicted molar refractivity (Wildman–Crippen MR) is 273 cm³/mol. The number of benzene rings is 3. The summed E-state index contributed by atoms with van der Waals surface area (Å²) in [4.78, 5) is 40.5. The molecule has 3 N–H and O–H groups in total. The van der Waals surface area contributed by atoms with Crippen LogP contribution in [0.3, 0.4) is 0 Å². The Morgan fingerprint density at radius 1 is 0.658 bits per heavy atom. The van der Waals surface area contributed by atoms with E-state index in [0.29, 0.717) is 158 Å². The quantitative estimate of drug-likeness (QED) is 0.0278. The molecule has 0 bridgehead atoms. The van der Waals surface area contributed by atoms with Crippen molar-refractivity contribution in [3.8, 4) is 28.4 Å². The molecule has 3 aromatic carbocycles. The molecule has 2 heterocycles. The number of H-pyrrole nitrogens is 1. The van der Waals surface area contributed by atoms with E-state index >= 15 is 0 Å². The van der Waals surface area contributed by atoms with Crippen LogP contribution in [0.15, 0.2) is 77.7 Å². The van der Waals surface area contributed by atoms with Crippen LogP contribution < -0.4 is 20.3 Å². The van der Waals surface area contributed by atoms with Crippen molar-refractivity contribution in [1.82, 2.24) is 14.9 Å². The van der Waals surface area contributed by atoms with Crippen LogP contribution in [0, 0.1) is 13.8 Å². The molecule has 73 heavy (non-hydrogen) atoms. The lowest BCUT2D eigenvalue weighted by Gasteiger charge is -2.22. The van der Waals surface area contributed by atoms with Crippen molar-refractivity contribution < 1.29 is 71.5 Å². The lowest BCUT2D eigenvalue weighted by molar-refractivity contribution is -0.0235. The highest BCUT2D eigenvalue weighted by Gasteiger charge is 2.24. The van der Waals surface area contributed by atoms with Gasteiger partial charge in [0.15, 0.2) is 0 Å². The second-order valence-corrected chi connectivity index (χ2v) is 17.1. The summed E-state index contributed by atoms with van der Waals surface area (Å²) in [7, 11) is 1.64. The fourth-order valence-electron chi connectivity index (χ4n) is 7.20. The van der Waals surface area contributed by atoms with Gasteiger partial charge in [0, 0.05) is 36.3 Å². The molecule has 5 aromatic rings. The predicted octanol–water partition coefficient (Wildman–Crippen LogP) is 6.78. The van der Waals surface area contributed by atoms with Gasteiger partial charge in [-0.3, -0.25) is 4.79 Å². The number of esters is 1. The molecular formula is C54H73N3O16. The van der Waals surface area contributed by atoms with E-state index in [0.717, 1.165) is 16.7 Å². The first kappa shape index (κ1) is 58.0. The number of amides is 1.